The van der Waals surface area contributed by atoms with Gasteiger partial charge in [-0.15, -0.1) is 0 Å². The molecule has 2 heterocycles. The predicted molar refractivity (Wildman–Crippen MR) is 73.7 cm³/mol. The van der Waals surface area contributed by atoms with E-state index in [-0.39, 0.29) is 0 Å². The Balaban J connectivity index is 1.86. The van der Waals surface area contributed by atoms with Crippen molar-refractivity contribution in [2.24, 2.45) is 5.92 Å². The Labute approximate surface area is 108 Å². The lowest BCUT2D eigenvalue weighted by Gasteiger charge is -2.42. The fraction of sp³-hybridized carbons (Fsp3) is 1.00. The largest absolute Gasteiger partial charge is 0.311 e. The summed E-state index contributed by atoms with van der Waals surface area (Å²) in [7, 11) is -0.527. The maximum absolute atomic E-state index is 11.4. The van der Waals surface area contributed by atoms with E-state index in [0.717, 1.165) is 36.8 Å². The number of nitrogens with one attached hydrogen (secondary N) is 1. The summed E-state index contributed by atoms with van der Waals surface area (Å²) in [5.41, 5.74) is 0. The highest BCUT2D eigenvalue weighted by Gasteiger charge is 2.29. The number of hydrogen-bond donors (Lipinski definition) is 1. The third kappa shape index (κ3) is 3.52. The molecule has 0 aromatic carbocycles. The zero-order valence-electron chi connectivity index (χ0n) is 11.2. The molecule has 2 aliphatic heterocycles. The van der Waals surface area contributed by atoms with Crippen LogP contribution in [-0.4, -0.2) is 52.3 Å². The molecule has 2 aliphatic rings. The molecule has 2 atom stereocenters. The van der Waals surface area contributed by atoms with Gasteiger partial charge in [-0.2, -0.15) is 0 Å². The summed E-state index contributed by atoms with van der Waals surface area (Å²) >= 11 is 0. The van der Waals surface area contributed by atoms with Gasteiger partial charge >= 0.3 is 0 Å². The van der Waals surface area contributed by atoms with Crippen LogP contribution < -0.4 is 5.32 Å². The fourth-order valence-electron chi connectivity index (χ4n) is 2.95. The molecule has 0 amide bonds. The first-order valence-electron chi connectivity index (χ1n) is 7.03. The SMILES string of the molecule is CCC(C)C1CN(C2CCS(=O)CC2)CCN1. The number of rotatable bonds is 3. The molecule has 100 valence electrons. The van der Waals surface area contributed by atoms with Crippen molar-refractivity contribution < 1.29 is 4.21 Å². The lowest BCUT2D eigenvalue weighted by Crippen LogP contribution is -2.56. The normalized spacial score (nSPS) is 37.9. The van der Waals surface area contributed by atoms with Crippen molar-refractivity contribution >= 4 is 10.8 Å². The first-order valence-corrected chi connectivity index (χ1v) is 8.52. The van der Waals surface area contributed by atoms with Crippen LogP contribution in [0, 0.1) is 5.92 Å². The second kappa shape index (κ2) is 6.30. The summed E-state index contributed by atoms with van der Waals surface area (Å²) in [5.74, 6) is 2.60. The molecule has 2 fully saturated rings. The minimum absolute atomic E-state index is 0.527. The van der Waals surface area contributed by atoms with Gasteiger partial charge in [0, 0.05) is 54.0 Å². The van der Waals surface area contributed by atoms with E-state index in [4.69, 9.17) is 0 Å². The zero-order valence-corrected chi connectivity index (χ0v) is 12.0. The topological polar surface area (TPSA) is 32.3 Å². The first-order chi connectivity index (χ1) is 8.20. The van der Waals surface area contributed by atoms with Crippen molar-refractivity contribution in [1.82, 2.24) is 10.2 Å². The van der Waals surface area contributed by atoms with Gasteiger partial charge in [0.15, 0.2) is 0 Å². The van der Waals surface area contributed by atoms with Crippen molar-refractivity contribution in [1.29, 1.82) is 0 Å². The highest BCUT2D eigenvalue weighted by molar-refractivity contribution is 7.85. The molecule has 0 saturated carbocycles. The van der Waals surface area contributed by atoms with Crippen molar-refractivity contribution in [2.45, 2.75) is 45.2 Å². The van der Waals surface area contributed by atoms with E-state index in [1.807, 2.05) is 0 Å². The molecular formula is C13H26N2OS. The highest BCUT2D eigenvalue weighted by Crippen LogP contribution is 2.20. The molecule has 0 aliphatic carbocycles. The quantitative estimate of drug-likeness (QED) is 0.826. The second-order valence-electron chi connectivity index (χ2n) is 5.52. The van der Waals surface area contributed by atoms with Gasteiger partial charge in [0.05, 0.1) is 0 Å². The Morgan fingerprint density at radius 2 is 2.12 bits per heavy atom. The van der Waals surface area contributed by atoms with E-state index in [9.17, 15) is 4.21 Å². The van der Waals surface area contributed by atoms with Crippen LogP contribution in [-0.2, 0) is 10.8 Å². The molecule has 0 spiro atoms. The molecule has 0 radical (unpaired) electrons. The summed E-state index contributed by atoms with van der Waals surface area (Å²) in [6.45, 7) is 8.09. The molecule has 2 saturated heterocycles. The Hall–Kier alpha value is 0.0700. The summed E-state index contributed by atoms with van der Waals surface area (Å²) in [4.78, 5) is 2.64. The van der Waals surface area contributed by atoms with E-state index >= 15 is 0 Å². The third-order valence-corrected chi connectivity index (χ3v) is 5.82. The van der Waals surface area contributed by atoms with Gasteiger partial charge in [-0.1, -0.05) is 20.3 Å². The van der Waals surface area contributed by atoms with Crippen molar-refractivity contribution in [2.75, 3.05) is 31.1 Å². The summed E-state index contributed by atoms with van der Waals surface area (Å²) < 4.78 is 11.4. The van der Waals surface area contributed by atoms with Gasteiger partial charge in [0.25, 0.3) is 0 Å². The monoisotopic (exact) mass is 258 g/mol. The average molecular weight is 258 g/mol. The van der Waals surface area contributed by atoms with Crippen molar-refractivity contribution in [3.8, 4) is 0 Å². The van der Waals surface area contributed by atoms with E-state index in [2.05, 4.69) is 24.1 Å². The molecule has 0 aromatic heterocycles. The first kappa shape index (κ1) is 13.5. The van der Waals surface area contributed by atoms with E-state index in [1.54, 1.807) is 0 Å². The van der Waals surface area contributed by atoms with E-state index < -0.39 is 10.8 Å². The Bertz CT molecular complexity index is 262. The van der Waals surface area contributed by atoms with Gasteiger partial charge in [-0.05, 0) is 18.8 Å². The highest BCUT2D eigenvalue weighted by atomic mass is 32.2. The van der Waals surface area contributed by atoms with Gasteiger partial charge in [0.2, 0.25) is 0 Å². The van der Waals surface area contributed by atoms with Gasteiger partial charge in [0.1, 0.15) is 0 Å². The molecule has 0 aromatic rings. The Morgan fingerprint density at radius 3 is 2.76 bits per heavy atom. The molecule has 0 bridgehead atoms. The van der Waals surface area contributed by atoms with Gasteiger partial charge in [-0.3, -0.25) is 9.11 Å². The molecule has 2 unspecified atom stereocenters. The van der Waals surface area contributed by atoms with Crippen LogP contribution in [0.4, 0.5) is 0 Å². The third-order valence-electron chi connectivity index (χ3n) is 4.44. The minimum Gasteiger partial charge on any atom is -0.311 e. The second-order valence-corrected chi connectivity index (χ2v) is 7.22. The number of nitrogens with zero attached hydrogens (tertiary/aromatic N) is 1. The van der Waals surface area contributed by atoms with Crippen LogP contribution in [0.5, 0.6) is 0 Å². The van der Waals surface area contributed by atoms with E-state index in [0.29, 0.717) is 12.1 Å². The van der Waals surface area contributed by atoms with Crippen molar-refractivity contribution in [3.05, 3.63) is 0 Å². The smallest absolute Gasteiger partial charge is 0.0249 e. The summed E-state index contributed by atoms with van der Waals surface area (Å²) in [6, 6.07) is 1.35. The fourth-order valence-corrected chi connectivity index (χ4v) is 4.22. The predicted octanol–water partition coefficient (Wildman–Crippen LogP) is 1.22. The number of hydrogen-bond acceptors (Lipinski definition) is 3. The lowest BCUT2D eigenvalue weighted by atomic mass is 9.96. The molecule has 3 nitrogen and oxygen atoms in total. The molecule has 2 rings (SSSR count). The Kier molecular flexibility index (Phi) is 5.00. The standard InChI is InChI=1S/C13H26N2OS/c1-3-11(2)13-10-15(7-6-14-13)12-4-8-17(16)9-5-12/h11-14H,3-10H2,1-2H3. The van der Waals surface area contributed by atoms with Crippen molar-refractivity contribution in [3.63, 3.8) is 0 Å². The van der Waals surface area contributed by atoms with Crippen LogP contribution >= 0.6 is 0 Å². The van der Waals surface area contributed by atoms with Crippen LogP contribution in [0.1, 0.15) is 33.1 Å². The summed E-state index contributed by atoms with van der Waals surface area (Å²) in [5, 5.41) is 3.65. The lowest BCUT2D eigenvalue weighted by molar-refractivity contribution is 0.116. The summed E-state index contributed by atoms with van der Waals surface area (Å²) in [6.07, 6.45) is 3.53. The van der Waals surface area contributed by atoms with Crippen LogP contribution in [0.2, 0.25) is 0 Å². The maximum atomic E-state index is 11.4. The molecule has 4 heteroatoms. The van der Waals surface area contributed by atoms with Crippen LogP contribution in [0.3, 0.4) is 0 Å². The minimum atomic E-state index is -0.527. The average Bonchev–Trinajstić information content (AvgIpc) is 2.39. The van der Waals surface area contributed by atoms with Gasteiger partial charge < -0.3 is 5.32 Å². The van der Waals surface area contributed by atoms with Crippen LogP contribution in [0.25, 0.3) is 0 Å². The molecule has 1 N–H and O–H groups in total. The van der Waals surface area contributed by atoms with Gasteiger partial charge in [-0.25, -0.2) is 0 Å². The molecule has 17 heavy (non-hydrogen) atoms. The number of piperazine rings is 1. The van der Waals surface area contributed by atoms with E-state index in [1.165, 1.54) is 19.5 Å². The molecular weight excluding hydrogens is 232 g/mol. The Morgan fingerprint density at radius 1 is 1.41 bits per heavy atom. The van der Waals surface area contributed by atoms with Crippen LogP contribution in [0.15, 0.2) is 0 Å². The zero-order chi connectivity index (χ0) is 12.3. The maximum Gasteiger partial charge on any atom is 0.0249 e.